The lowest BCUT2D eigenvalue weighted by atomic mass is 10.0. The van der Waals surface area contributed by atoms with Crippen LogP contribution >= 0.6 is 7.82 Å². The molecule has 0 saturated carbocycles. The maximum absolute atomic E-state index is 12.5. The summed E-state index contributed by atoms with van der Waals surface area (Å²) in [6, 6.07) is 0. The number of rotatable bonds is 41. The molecule has 0 radical (unpaired) electrons. The van der Waals surface area contributed by atoms with Crippen molar-refractivity contribution in [2.45, 2.75) is 245 Å². The maximum Gasteiger partial charge on any atom is 0.469 e. The van der Waals surface area contributed by atoms with Crippen LogP contribution in [-0.4, -0.2) is 53.3 Å². The molecular formula is C45H85O9P. The lowest BCUT2D eigenvalue weighted by Gasteiger charge is -2.18. The summed E-state index contributed by atoms with van der Waals surface area (Å²) in [7, 11) is -4.76. The Labute approximate surface area is 337 Å². The first kappa shape index (κ1) is 51.8. The van der Waals surface area contributed by atoms with E-state index in [4.69, 9.17) is 24.0 Å². The molecular weight excluding hydrogens is 715 g/mol. The van der Waals surface area contributed by atoms with Gasteiger partial charge in [0.25, 0.3) is 0 Å². The van der Waals surface area contributed by atoms with E-state index in [9.17, 15) is 14.2 Å². The molecule has 1 fully saturated rings. The van der Waals surface area contributed by atoms with Crippen molar-refractivity contribution in [3.05, 3.63) is 12.2 Å². The lowest BCUT2D eigenvalue weighted by Crippen LogP contribution is -2.29. The number of epoxide rings is 1. The number of esters is 2. The molecule has 0 bridgehead atoms. The summed E-state index contributed by atoms with van der Waals surface area (Å²) in [5, 5.41) is 0. The molecule has 2 unspecified atom stereocenters. The van der Waals surface area contributed by atoms with Crippen molar-refractivity contribution in [3.63, 3.8) is 0 Å². The first-order valence-electron chi connectivity index (χ1n) is 23.0. The van der Waals surface area contributed by atoms with Crippen LogP contribution in [0.2, 0.25) is 0 Å². The Bertz CT molecular complexity index is 981. The molecule has 1 heterocycles. The molecule has 2 N–H and O–H groups in total. The Hall–Kier alpha value is -1.25. The highest BCUT2D eigenvalue weighted by molar-refractivity contribution is 7.46. The second-order valence-electron chi connectivity index (χ2n) is 16.6. The molecule has 1 aliphatic rings. The Morgan fingerprint density at radius 1 is 0.618 bits per heavy atom. The Morgan fingerprint density at radius 3 is 1.62 bits per heavy atom. The zero-order valence-corrected chi connectivity index (χ0v) is 36.6. The van der Waals surface area contributed by atoms with Gasteiger partial charge in [-0.15, -0.1) is 0 Å². The van der Waals surface area contributed by atoms with Crippen LogP contribution in [0, 0.1) is 5.92 Å². The normalized spacial score (nSPS) is 16.3. The minimum absolute atomic E-state index is 0.211. The zero-order chi connectivity index (χ0) is 40.2. The van der Waals surface area contributed by atoms with Crippen LogP contribution < -0.4 is 0 Å². The van der Waals surface area contributed by atoms with E-state index in [0.29, 0.717) is 25.0 Å². The second-order valence-corrected chi connectivity index (χ2v) is 17.8. The van der Waals surface area contributed by atoms with Crippen molar-refractivity contribution >= 4 is 19.8 Å². The van der Waals surface area contributed by atoms with Crippen molar-refractivity contribution in [2.24, 2.45) is 5.92 Å². The molecule has 0 aromatic heterocycles. The van der Waals surface area contributed by atoms with E-state index in [1.54, 1.807) is 0 Å². The number of hydrogen-bond donors (Lipinski definition) is 2. The van der Waals surface area contributed by atoms with Crippen molar-refractivity contribution in [3.8, 4) is 0 Å². The average molecular weight is 801 g/mol. The molecule has 324 valence electrons. The van der Waals surface area contributed by atoms with E-state index >= 15 is 0 Å². The molecule has 1 aliphatic heterocycles. The summed E-state index contributed by atoms with van der Waals surface area (Å²) in [4.78, 5) is 43.0. The molecule has 9 nitrogen and oxygen atoms in total. The van der Waals surface area contributed by atoms with Gasteiger partial charge in [-0.1, -0.05) is 187 Å². The molecule has 1 rings (SSSR count). The first-order chi connectivity index (χ1) is 26.6. The number of allylic oxidation sites excluding steroid dienone is 1. The van der Waals surface area contributed by atoms with Crippen LogP contribution in [-0.2, 0) is 32.9 Å². The number of unbranched alkanes of at least 4 members (excludes halogenated alkanes) is 24. The van der Waals surface area contributed by atoms with Gasteiger partial charge in [-0.2, -0.15) is 0 Å². The summed E-state index contributed by atoms with van der Waals surface area (Å²) >= 11 is 0. The first-order valence-corrected chi connectivity index (χ1v) is 24.5. The van der Waals surface area contributed by atoms with Gasteiger partial charge in [-0.25, -0.2) is 4.57 Å². The number of phosphoric acid groups is 1. The summed E-state index contributed by atoms with van der Waals surface area (Å²) in [6.07, 6.45) is 41.0. The standard InChI is InChI=1S/C45H85O9P/c1-4-5-6-7-24-29-34-42-43(54-42)35-30-25-22-27-31-36-44(46)51-38-41(39-52-55(48,49)50)53-45(47)37-32-26-21-19-17-15-13-11-9-8-10-12-14-16-18-20-23-28-33-40(2)3/h24,29,40-43H,4-23,25-28,30-39H2,1-3H3,(H2,48,49,50)/b29-24-/t41-,42?,43?/m1/s1. The number of carbonyl (C=O) groups excluding carboxylic acids is 2. The summed E-state index contributed by atoms with van der Waals surface area (Å²) < 4.78 is 32.3. The Kier molecular flexibility index (Phi) is 33.8. The van der Waals surface area contributed by atoms with Gasteiger partial charge in [0.05, 0.1) is 18.8 Å². The fourth-order valence-electron chi connectivity index (χ4n) is 7.10. The molecule has 3 atom stereocenters. The van der Waals surface area contributed by atoms with Crippen LogP contribution in [0.4, 0.5) is 0 Å². The van der Waals surface area contributed by atoms with Crippen LogP contribution in [0.1, 0.15) is 226 Å². The Balaban J connectivity index is 2.01. The fourth-order valence-corrected chi connectivity index (χ4v) is 7.46. The summed E-state index contributed by atoms with van der Waals surface area (Å²) in [5.41, 5.74) is 0. The highest BCUT2D eigenvalue weighted by Crippen LogP contribution is 2.36. The third-order valence-electron chi connectivity index (χ3n) is 10.6. The van der Waals surface area contributed by atoms with Crippen LogP contribution in [0.3, 0.4) is 0 Å². The number of carbonyl (C=O) groups is 2. The maximum atomic E-state index is 12.5. The molecule has 0 aromatic rings. The van der Waals surface area contributed by atoms with Gasteiger partial charge in [0.15, 0.2) is 6.10 Å². The van der Waals surface area contributed by atoms with Gasteiger partial charge in [-0.05, 0) is 44.4 Å². The zero-order valence-electron chi connectivity index (χ0n) is 35.7. The minimum Gasteiger partial charge on any atom is -0.462 e. The minimum atomic E-state index is -4.76. The van der Waals surface area contributed by atoms with Gasteiger partial charge in [0.1, 0.15) is 6.61 Å². The molecule has 0 aliphatic carbocycles. The van der Waals surface area contributed by atoms with Crippen LogP contribution in [0.15, 0.2) is 12.2 Å². The van der Waals surface area contributed by atoms with E-state index in [-0.39, 0.29) is 19.4 Å². The molecule has 0 spiro atoms. The van der Waals surface area contributed by atoms with Crippen molar-refractivity contribution < 1.29 is 42.7 Å². The molecule has 0 aromatic carbocycles. The lowest BCUT2D eigenvalue weighted by molar-refractivity contribution is -0.161. The van der Waals surface area contributed by atoms with Gasteiger partial charge in [-0.3, -0.25) is 14.1 Å². The third kappa shape index (κ3) is 36.8. The number of phosphoric ester groups is 1. The van der Waals surface area contributed by atoms with E-state index in [1.165, 1.54) is 116 Å². The van der Waals surface area contributed by atoms with E-state index < -0.39 is 32.5 Å². The second kappa shape index (κ2) is 35.9. The van der Waals surface area contributed by atoms with Crippen molar-refractivity contribution in [1.82, 2.24) is 0 Å². The molecule has 55 heavy (non-hydrogen) atoms. The predicted octanol–water partition coefficient (Wildman–Crippen LogP) is 13.0. The van der Waals surface area contributed by atoms with Gasteiger partial charge < -0.3 is 24.0 Å². The largest absolute Gasteiger partial charge is 0.469 e. The van der Waals surface area contributed by atoms with E-state index in [1.807, 2.05) is 0 Å². The highest BCUT2D eigenvalue weighted by atomic mass is 31.2. The summed E-state index contributed by atoms with van der Waals surface area (Å²) in [5.74, 6) is -0.0489. The van der Waals surface area contributed by atoms with Gasteiger partial charge >= 0.3 is 19.8 Å². The topological polar surface area (TPSA) is 132 Å². The third-order valence-corrected chi connectivity index (χ3v) is 11.1. The van der Waals surface area contributed by atoms with Crippen molar-refractivity contribution in [1.29, 1.82) is 0 Å². The average Bonchev–Trinajstić information content (AvgIpc) is 3.90. The van der Waals surface area contributed by atoms with Gasteiger partial charge in [0.2, 0.25) is 0 Å². The van der Waals surface area contributed by atoms with Crippen molar-refractivity contribution in [2.75, 3.05) is 13.2 Å². The fraction of sp³-hybridized carbons (Fsp3) is 0.911. The molecule has 1 saturated heterocycles. The number of ether oxygens (including phenoxy) is 3. The highest BCUT2D eigenvalue weighted by Gasteiger charge is 2.36. The van der Waals surface area contributed by atoms with Crippen LogP contribution in [0.5, 0.6) is 0 Å². The number of hydrogen-bond acceptors (Lipinski definition) is 7. The van der Waals surface area contributed by atoms with Gasteiger partial charge in [0, 0.05) is 12.8 Å². The van der Waals surface area contributed by atoms with E-state index in [2.05, 4.69) is 37.4 Å². The monoisotopic (exact) mass is 801 g/mol. The Morgan fingerprint density at radius 2 is 1.11 bits per heavy atom. The quantitative estimate of drug-likeness (QED) is 0.0204. The van der Waals surface area contributed by atoms with Crippen LogP contribution in [0.25, 0.3) is 0 Å². The molecule has 10 heteroatoms. The smallest absolute Gasteiger partial charge is 0.462 e. The summed E-state index contributed by atoms with van der Waals surface area (Å²) in [6.45, 7) is 6.02. The SMILES string of the molecule is CCCCC/C=C\CC1OC1CCCCCCCC(=O)OC[C@H](COP(=O)(O)O)OC(=O)CCCCCCCCCCCCCCCCCCCCC(C)C. The van der Waals surface area contributed by atoms with E-state index in [0.717, 1.165) is 70.1 Å². The molecule has 0 amide bonds. The predicted molar refractivity (Wildman–Crippen MR) is 225 cm³/mol.